The van der Waals surface area contributed by atoms with Crippen molar-refractivity contribution in [3.63, 3.8) is 0 Å². The number of hydrogen-bond acceptors (Lipinski definition) is 4. The van der Waals surface area contributed by atoms with Gasteiger partial charge in [0.15, 0.2) is 11.6 Å². The summed E-state index contributed by atoms with van der Waals surface area (Å²) in [6.07, 6.45) is 5.03. The molecule has 2 aromatic carbocycles. The summed E-state index contributed by atoms with van der Waals surface area (Å²) in [7, 11) is -3.32. The largest absolute Gasteiger partial charge is 0.489 e. The highest BCUT2D eigenvalue weighted by atomic mass is 32.2. The van der Waals surface area contributed by atoms with Crippen molar-refractivity contribution in [3.05, 3.63) is 64.7 Å². The molecular weight excluding hydrogens is 458 g/mol. The van der Waals surface area contributed by atoms with Crippen LogP contribution in [-0.4, -0.2) is 51.4 Å². The highest BCUT2D eigenvalue weighted by Gasteiger charge is 2.36. The topological polar surface area (TPSA) is 58.6 Å². The normalized spacial score (nSPS) is 22.8. The van der Waals surface area contributed by atoms with E-state index in [1.54, 1.807) is 24.3 Å². The predicted molar refractivity (Wildman–Crippen MR) is 128 cm³/mol. The van der Waals surface area contributed by atoms with Crippen molar-refractivity contribution < 1.29 is 21.9 Å². The van der Waals surface area contributed by atoms with E-state index >= 15 is 0 Å². The van der Waals surface area contributed by atoms with Crippen molar-refractivity contribution in [3.8, 4) is 5.75 Å². The quantitative estimate of drug-likeness (QED) is 0.511. The van der Waals surface area contributed by atoms with E-state index < -0.39 is 15.8 Å². The van der Waals surface area contributed by atoms with Gasteiger partial charge in [-0.25, -0.2) is 21.9 Å². The number of nitrogens with zero attached hydrogens (tertiary/aromatic N) is 1. The van der Waals surface area contributed by atoms with Gasteiger partial charge in [-0.2, -0.15) is 0 Å². The third-order valence-corrected chi connectivity index (χ3v) is 9.54. The molecule has 1 heterocycles. The van der Waals surface area contributed by atoms with Crippen LogP contribution in [0.15, 0.2) is 36.4 Å². The van der Waals surface area contributed by atoms with Crippen molar-refractivity contribution >= 4 is 10.0 Å². The monoisotopic (exact) mass is 490 g/mol. The van der Waals surface area contributed by atoms with Crippen LogP contribution in [0.25, 0.3) is 0 Å². The number of hydrogen-bond donors (Lipinski definition) is 1. The van der Waals surface area contributed by atoms with E-state index in [0.29, 0.717) is 25.2 Å². The molecule has 2 aromatic rings. The zero-order valence-corrected chi connectivity index (χ0v) is 20.1. The molecule has 184 valence electrons. The first kappa shape index (κ1) is 23.7. The molecule has 2 atom stereocenters. The van der Waals surface area contributed by atoms with Gasteiger partial charge in [0.1, 0.15) is 12.4 Å². The molecule has 0 amide bonds. The van der Waals surface area contributed by atoms with Crippen LogP contribution in [0.3, 0.4) is 0 Å². The second-order valence-corrected chi connectivity index (χ2v) is 11.9. The smallest absolute Gasteiger partial charge is 0.214 e. The summed E-state index contributed by atoms with van der Waals surface area (Å²) in [6, 6.07) is 10.0. The number of nitrogens with one attached hydrogen (secondary N) is 1. The number of rotatable bonds is 10. The Hall–Kier alpha value is -2.03. The SMILES string of the molecule is O=S(=O)(NCCOc1cc2c(cc1F)CC(CN1CCC1)C2Cc1cccc(F)c1)C1CCC1. The molecule has 3 aliphatic rings. The summed E-state index contributed by atoms with van der Waals surface area (Å²) in [6.45, 7) is 3.32. The van der Waals surface area contributed by atoms with Crippen LogP contribution in [-0.2, 0) is 22.9 Å². The lowest BCUT2D eigenvalue weighted by Crippen LogP contribution is -2.41. The average molecular weight is 491 g/mol. The van der Waals surface area contributed by atoms with E-state index in [4.69, 9.17) is 4.74 Å². The summed E-state index contributed by atoms with van der Waals surface area (Å²) >= 11 is 0. The molecule has 0 radical (unpaired) electrons. The van der Waals surface area contributed by atoms with Gasteiger partial charge in [0.25, 0.3) is 0 Å². The first-order valence-corrected chi connectivity index (χ1v) is 13.8. The average Bonchev–Trinajstić information content (AvgIpc) is 3.02. The van der Waals surface area contributed by atoms with Gasteiger partial charge in [-0.3, -0.25) is 0 Å². The number of halogens is 2. The zero-order chi connectivity index (χ0) is 23.7. The zero-order valence-electron chi connectivity index (χ0n) is 19.3. The number of benzene rings is 2. The Morgan fingerprint density at radius 1 is 1.09 bits per heavy atom. The Morgan fingerprint density at radius 3 is 2.59 bits per heavy atom. The molecule has 0 aromatic heterocycles. The summed E-state index contributed by atoms with van der Waals surface area (Å²) in [4.78, 5) is 2.43. The van der Waals surface area contributed by atoms with E-state index in [-0.39, 0.29) is 35.9 Å². The molecule has 5 nitrogen and oxygen atoms in total. The fourth-order valence-electron chi connectivity index (χ4n) is 5.35. The lowest BCUT2D eigenvalue weighted by atomic mass is 9.85. The molecule has 1 aliphatic heterocycles. The van der Waals surface area contributed by atoms with Crippen LogP contribution in [0.2, 0.25) is 0 Å². The number of sulfonamides is 1. The van der Waals surface area contributed by atoms with Crippen LogP contribution in [0.4, 0.5) is 8.78 Å². The number of ether oxygens (including phenoxy) is 1. The summed E-state index contributed by atoms with van der Waals surface area (Å²) in [5.41, 5.74) is 2.98. The van der Waals surface area contributed by atoms with Crippen LogP contribution >= 0.6 is 0 Å². The van der Waals surface area contributed by atoms with Gasteiger partial charge in [-0.05, 0) is 98.0 Å². The molecule has 0 bridgehead atoms. The van der Waals surface area contributed by atoms with Crippen LogP contribution in [0.1, 0.15) is 48.3 Å². The Bertz CT molecular complexity index is 1130. The lowest BCUT2D eigenvalue weighted by Gasteiger charge is -2.35. The van der Waals surface area contributed by atoms with Crippen molar-refractivity contribution in [1.29, 1.82) is 0 Å². The van der Waals surface area contributed by atoms with Crippen LogP contribution in [0, 0.1) is 17.6 Å². The van der Waals surface area contributed by atoms with Gasteiger partial charge < -0.3 is 9.64 Å². The third kappa shape index (κ3) is 5.14. The van der Waals surface area contributed by atoms with Crippen LogP contribution < -0.4 is 9.46 Å². The molecular formula is C26H32F2N2O3S. The van der Waals surface area contributed by atoms with Crippen molar-refractivity contribution in [1.82, 2.24) is 9.62 Å². The van der Waals surface area contributed by atoms with Gasteiger partial charge in [0, 0.05) is 13.1 Å². The minimum atomic E-state index is -3.32. The van der Waals surface area contributed by atoms with E-state index in [2.05, 4.69) is 9.62 Å². The van der Waals surface area contributed by atoms with Gasteiger partial charge in [0.2, 0.25) is 10.0 Å². The Balaban J connectivity index is 1.30. The second-order valence-electron chi connectivity index (χ2n) is 9.88. The molecule has 2 unspecified atom stereocenters. The first-order chi connectivity index (χ1) is 16.4. The molecule has 2 fully saturated rings. The van der Waals surface area contributed by atoms with Gasteiger partial charge in [-0.1, -0.05) is 18.6 Å². The number of likely N-dealkylation sites (tertiary alicyclic amines) is 1. The number of fused-ring (bicyclic) bond motifs is 1. The fourth-order valence-corrected chi connectivity index (χ4v) is 6.91. The fraction of sp³-hybridized carbons (Fsp3) is 0.538. The maximum absolute atomic E-state index is 14.8. The summed E-state index contributed by atoms with van der Waals surface area (Å²) in [5.74, 6) is -0.0346. The van der Waals surface area contributed by atoms with Crippen molar-refractivity contribution in [2.45, 2.75) is 49.7 Å². The van der Waals surface area contributed by atoms with Gasteiger partial charge >= 0.3 is 0 Å². The minimum absolute atomic E-state index is 0.0629. The third-order valence-electron chi connectivity index (χ3n) is 7.58. The standard InChI is InChI=1S/C26H32F2N2O3S/c27-21-5-1-4-18(12-21)13-23-20(17-30-9-3-10-30)14-19-15-25(28)26(16-24(19)23)33-11-8-29-34(31,32)22-6-2-7-22/h1,4-5,12,15-16,20,22-23,29H,2-3,6-11,13-14,17H2. The van der Waals surface area contributed by atoms with E-state index in [1.165, 1.54) is 12.5 Å². The molecule has 5 rings (SSSR count). The summed E-state index contributed by atoms with van der Waals surface area (Å²) < 4.78 is 61.3. The predicted octanol–water partition coefficient (Wildman–Crippen LogP) is 4.02. The molecule has 2 aliphatic carbocycles. The second kappa shape index (κ2) is 9.91. The van der Waals surface area contributed by atoms with Crippen molar-refractivity contribution in [2.75, 3.05) is 32.8 Å². The maximum atomic E-state index is 14.8. The van der Waals surface area contributed by atoms with E-state index in [9.17, 15) is 17.2 Å². The molecule has 0 spiro atoms. The molecule has 34 heavy (non-hydrogen) atoms. The van der Waals surface area contributed by atoms with E-state index in [0.717, 1.165) is 49.2 Å². The van der Waals surface area contributed by atoms with Crippen LogP contribution in [0.5, 0.6) is 5.75 Å². The highest BCUT2D eigenvalue weighted by molar-refractivity contribution is 7.90. The molecule has 8 heteroatoms. The Morgan fingerprint density at radius 2 is 1.91 bits per heavy atom. The van der Waals surface area contributed by atoms with Gasteiger partial charge in [0.05, 0.1) is 5.25 Å². The summed E-state index contributed by atoms with van der Waals surface area (Å²) in [5, 5.41) is -0.309. The molecule has 1 saturated carbocycles. The van der Waals surface area contributed by atoms with Gasteiger partial charge in [-0.15, -0.1) is 0 Å². The first-order valence-electron chi connectivity index (χ1n) is 12.3. The molecule has 1 saturated heterocycles. The maximum Gasteiger partial charge on any atom is 0.214 e. The Labute approximate surface area is 200 Å². The minimum Gasteiger partial charge on any atom is -0.489 e. The van der Waals surface area contributed by atoms with E-state index in [1.807, 2.05) is 6.07 Å². The Kier molecular flexibility index (Phi) is 6.91. The lowest BCUT2D eigenvalue weighted by molar-refractivity contribution is 0.145. The highest BCUT2D eigenvalue weighted by Crippen LogP contribution is 2.43. The van der Waals surface area contributed by atoms with Crippen molar-refractivity contribution in [2.24, 2.45) is 5.92 Å². The molecule has 1 N–H and O–H groups in total.